The summed E-state index contributed by atoms with van der Waals surface area (Å²) < 4.78 is 6.36. The quantitative estimate of drug-likeness (QED) is 0.209. The lowest BCUT2D eigenvalue weighted by Crippen LogP contribution is -2.32. The largest absolute Gasteiger partial charge is 0.459 e. The second-order valence-electron chi connectivity index (χ2n) is 9.35. The van der Waals surface area contributed by atoms with E-state index in [2.05, 4.69) is 15.6 Å². The third kappa shape index (κ3) is 5.24. The highest BCUT2D eigenvalue weighted by molar-refractivity contribution is 7.80. The van der Waals surface area contributed by atoms with Gasteiger partial charge in [0.15, 0.2) is 5.11 Å². The zero-order valence-corrected chi connectivity index (χ0v) is 22.5. The molecule has 3 aromatic carbocycles. The average molecular weight is 553 g/mol. The van der Waals surface area contributed by atoms with Crippen molar-refractivity contribution in [1.82, 2.24) is 15.2 Å². The van der Waals surface area contributed by atoms with E-state index in [4.69, 9.17) is 28.2 Å². The summed E-state index contributed by atoms with van der Waals surface area (Å²) >= 11 is 11.8. The standard InChI is InChI=1S/C31H25ClN4O2S/c32-22-13-11-21(12-14-22)26-15-16-27(38-26)30-29(25-9-3-4-18-33-25)35-31(39)36(30)19-17-28(37)34-24-10-5-7-20-6-1-2-8-23(20)24/h1-16,18,29-30H,17,19H2,(H,34,37)(H,35,39)/t29-,30-/m0/s1. The molecule has 2 aromatic heterocycles. The monoisotopic (exact) mass is 552 g/mol. The van der Waals surface area contributed by atoms with Crippen LogP contribution in [-0.4, -0.2) is 27.4 Å². The van der Waals surface area contributed by atoms with E-state index in [1.165, 1.54) is 0 Å². The Morgan fingerprint density at radius 1 is 0.974 bits per heavy atom. The van der Waals surface area contributed by atoms with Crippen LogP contribution in [0, 0.1) is 0 Å². The number of carbonyl (C=O) groups is 1. The van der Waals surface area contributed by atoms with Crippen LogP contribution in [0.15, 0.2) is 108 Å². The number of pyridine rings is 1. The van der Waals surface area contributed by atoms with Crippen molar-refractivity contribution >= 4 is 51.3 Å². The SMILES string of the molecule is O=C(CCN1C(=S)N[C@@H](c2ccccn2)[C@@H]1c1ccc(-c2ccc(Cl)cc2)o1)Nc1cccc2ccccc12. The van der Waals surface area contributed by atoms with Crippen LogP contribution in [0.3, 0.4) is 0 Å². The molecule has 0 spiro atoms. The first kappa shape index (κ1) is 25.1. The summed E-state index contributed by atoms with van der Waals surface area (Å²) in [6.45, 7) is 0.410. The molecule has 1 aliphatic rings. The Labute approximate surface area is 236 Å². The van der Waals surface area contributed by atoms with E-state index in [9.17, 15) is 4.79 Å². The number of nitrogens with one attached hydrogen (secondary N) is 2. The van der Waals surface area contributed by atoms with Crippen molar-refractivity contribution in [3.8, 4) is 11.3 Å². The number of hydrogen-bond acceptors (Lipinski definition) is 4. The van der Waals surface area contributed by atoms with Gasteiger partial charge in [-0.05, 0) is 72.2 Å². The van der Waals surface area contributed by atoms with Gasteiger partial charge in [0.05, 0.1) is 11.7 Å². The second kappa shape index (κ2) is 10.9. The van der Waals surface area contributed by atoms with Gasteiger partial charge in [-0.2, -0.15) is 0 Å². The van der Waals surface area contributed by atoms with Gasteiger partial charge in [-0.3, -0.25) is 9.78 Å². The van der Waals surface area contributed by atoms with Crippen molar-refractivity contribution in [1.29, 1.82) is 0 Å². The molecule has 0 bridgehead atoms. The molecule has 5 aromatic rings. The van der Waals surface area contributed by atoms with E-state index in [0.717, 1.165) is 39.2 Å². The van der Waals surface area contributed by atoms with Crippen molar-refractivity contribution < 1.29 is 9.21 Å². The fraction of sp³-hybridized carbons (Fsp3) is 0.129. The Balaban J connectivity index is 1.25. The number of furan rings is 1. The molecule has 3 heterocycles. The van der Waals surface area contributed by atoms with Crippen molar-refractivity contribution in [3.63, 3.8) is 0 Å². The number of anilines is 1. The van der Waals surface area contributed by atoms with Crippen LogP contribution < -0.4 is 10.6 Å². The summed E-state index contributed by atoms with van der Waals surface area (Å²) in [5.41, 5.74) is 2.56. The highest BCUT2D eigenvalue weighted by Gasteiger charge is 2.41. The van der Waals surface area contributed by atoms with Crippen LogP contribution in [0.2, 0.25) is 5.02 Å². The smallest absolute Gasteiger partial charge is 0.226 e. The molecule has 6 nitrogen and oxygen atoms in total. The summed E-state index contributed by atoms with van der Waals surface area (Å²) in [6.07, 6.45) is 2.01. The molecule has 1 saturated heterocycles. The van der Waals surface area contributed by atoms with E-state index in [0.29, 0.717) is 16.7 Å². The van der Waals surface area contributed by atoms with Crippen molar-refractivity contribution in [2.24, 2.45) is 0 Å². The van der Waals surface area contributed by atoms with Crippen LogP contribution in [0.5, 0.6) is 0 Å². The Kier molecular flexibility index (Phi) is 7.00. The summed E-state index contributed by atoms with van der Waals surface area (Å²) in [6, 6.07) is 30.6. The highest BCUT2D eigenvalue weighted by atomic mass is 35.5. The van der Waals surface area contributed by atoms with Gasteiger partial charge in [-0.25, -0.2) is 0 Å². The zero-order chi connectivity index (χ0) is 26.8. The maximum absolute atomic E-state index is 13.1. The molecule has 1 aliphatic heterocycles. The summed E-state index contributed by atoms with van der Waals surface area (Å²) in [5, 5.41) is 9.79. The number of amides is 1. The molecule has 2 atom stereocenters. The van der Waals surface area contributed by atoms with Crippen molar-refractivity contribution in [2.45, 2.75) is 18.5 Å². The first-order valence-electron chi connectivity index (χ1n) is 12.7. The van der Waals surface area contributed by atoms with Crippen molar-refractivity contribution in [2.75, 3.05) is 11.9 Å². The Bertz CT molecular complexity index is 1630. The number of carbonyl (C=O) groups excluding carboxylic acids is 1. The van der Waals surface area contributed by atoms with Gasteiger partial charge in [0, 0.05) is 40.8 Å². The number of benzene rings is 3. The zero-order valence-electron chi connectivity index (χ0n) is 20.9. The maximum atomic E-state index is 13.1. The molecule has 39 heavy (non-hydrogen) atoms. The molecule has 0 saturated carbocycles. The molecule has 1 fully saturated rings. The number of halogens is 1. The molecule has 2 N–H and O–H groups in total. The minimum atomic E-state index is -0.279. The Hall–Kier alpha value is -4.20. The van der Waals surface area contributed by atoms with Gasteiger partial charge in [-0.15, -0.1) is 0 Å². The Morgan fingerprint density at radius 3 is 2.59 bits per heavy atom. The number of rotatable bonds is 7. The van der Waals surface area contributed by atoms with E-state index < -0.39 is 0 Å². The Morgan fingerprint density at radius 2 is 1.77 bits per heavy atom. The number of aromatic nitrogens is 1. The van der Waals surface area contributed by atoms with E-state index in [1.807, 2.05) is 102 Å². The molecule has 6 rings (SSSR count). The van der Waals surface area contributed by atoms with Gasteiger partial charge >= 0.3 is 0 Å². The maximum Gasteiger partial charge on any atom is 0.226 e. The van der Waals surface area contributed by atoms with E-state index in [1.54, 1.807) is 6.20 Å². The lowest BCUT2D eigenvalue weighted by atomic mass is 10.0. The third-order valence-corrected chi connectivity index (χ3v) is 7.49. The van der Waals surface area contributed by atoms with Gasteiger partial charge < -0.3 is 20.0 Å². The van der Waals surface area contributed by atoms with Crippen molar-refractivity contribution in [3.05, 3.63) is 120 Å². The molecule has 194 valence electrons. The van der Waals surface area contributed by atoms with Gasteiger partial charge in [0.25, 0.3) is 0 Å². The molecular formula is C31H25ClN4O2S. The van der Waals surface area contributed by atoms with Crippen LogP contribution in [0.25, 0.3) is 22.1 Å². The lowest BCUT2D eigenvalue weighted by Gasteiger charge is -2.26. The van der Waals surface area contributed by atoms with Gasteiger partial charge in [-0.1, -0.05) is 54.1 Å². The first-order chi connectivity index (χ1) is 19.1. The summed E-state index contributed by atoms with van der Waals surface area (Å²) in [4.78, 5) is 19.7. The predicted octanol–water partition coefficient (Wildman–Crippen LogP) is 7.15. The molecule has 0 aliphatic carbocycles. The molecular weight excluding hydrogens is 528 g/mol. The van der Waals surface area contributed by atoms with Crippen LogP contribution >= 0.6 is 23.8 Å². The highest BCUT2D eigenvalue weighted by Crippen LogP contribution is 2.40. The lowest BCUT2D eigenvalue weighted by molar-refractivity contribution is -0.116. The number of nitrogens with zero attached hydrogens (tertiary/aromatic N) is 2. The molecule has 0 radical (unpaired) electrons. The van der Waals surface area contributed by atoms with Gasteiger partial charge in [0.1, 0.15) is 17.6 Å². The summed E-state index contributed by atoms with van der Waals surface area (Å²) in [7, 11) is 0. The molecule has 8 heteroatoms. The van der Waals surface area contributed by atoms with Crippen LogP contribution in [0.4, 0.5) is 5.69 Å². The second-order valence-corrected chi connectivity index (χ2v) is 10.2. The first-order valence-corrected chi connectivity index (χ1v) is 13.5. The fourth-order valence-electron chi connectivity index (χ4n) is 5.01. The van der Waals surface area contributed by atoms with Gasteiger partial charge in [0.2, 0.25) is 5.91 Å². The number of fused-ring (bicyclic) bond motifs is 1. The minimum absolute atomic E-state index is 0.0875. The van der Waals surface area contributed by atoms with Crippen LogP contribution in [-0.2, 0) is 4.79 Å². The average Bonchev–Trinajstić information content (AvgIpc) is 3.57. The number of hydrogen-bond donors (Lipinski definition) is 2. The minimum Gasteiger partial charge on any atom is -0.459 e. The number of thiocarbonyl (C=S) groups is 1. The topological polar surface area (TPSA) is 70.4 Å². The normalized spacial score (nSPS) is 16.8. The third-order valence-electron chi connectivity index (χ3n) is 6.89. The van der Waals surface area contributed by atoms with E-state index in [-0.39, 0.29) is 24.4 Å². The van der Waals surface area contributed by atoms with Crippen LogP contribution in [0.1, 0.15) is 30.0 Å². The molecule has 0 unspecified atom stereocenters. The predicted molar refractivity (Wildman–Crippen MR) is 159 cm³/mol. The van der Waals surface area contributed by atoms with E-state index >= 15 is 0 Å². The fourth-order valence-corrected chi connectivity index (χ4v) is 5.46. The summed E-state index contributed by atoms with van der Waals surface area (Å²) in [5.74, 6) is 1.38. The molecule has 1 amide bonds.